The number of aliphatic hydroxyl groups is 1. The monoisotopic (exact) mass is 658 g/mol. The van der Waals surface area contributed by atoms with Crippen molar-refractivity contribution < 1.29 is 29.0 Å². The van der Waals surface area contributed by atoms with E-state index in [0.29, 0.717) is 41.2 Å². The molecule has 2 atom stereocenters. The van der Waals surface area contributed by atoms with Crippen LogP contribution in [0, 0.1) is 11.3 Å². The maximum Gasteiger partial charge on any atom is 0.334 e. The largest absolute Gasteiger partial charge is 0.511 e. The minimum atomic E-state index is -1.08. The van der Waals surface area contributed by atoms with E-state index in [9.17, 15) is 19.5 Å². The molecule has 250 valence electrons. The molecule has 0 aromatic rings. The molecule has 1 saturated heterocycles. The third-order valence-corrected chi connectivity index (χ3v) is 10.7. The number of aliphatic imine (C=N–C) groups is 3. The van der Waals surface area contributed by atoms with Gasteiger partial charge in [-0.25, -0.2) is 19.8 Å². The van der Waals surface area contributed by atoms with Crippen molar-refractivity contribution in [1.82, 2.24) is 5.32 Å². The summed E-state index contributed by atoms with van der Waals surface area (Å²) in [5, 5.41) is 14.9. The Labute approximate surface area is 284 Å². The topological polar surface area (TPSA) is 139 Å². The molecule has 0 saturated carbocycles. The molecule has 2 aliphatic carbocycles. The van der Waals surface area contributed by atoms with Crippen LogP contribution in [0.4, 0.5) is 0 Å². The third kappa shape index (κ3) is 4.60. The van der Waals surface area contributed by atoms with Crippen LogP contribution >= 0.6 is 0 Å². The van der Waals surface area contributed by atoms with Crippen molar-refractivity contribution in [2.24, 2.45) is 26.3 Å². The van der Waals surface area contributed by atoms with Gasteiger partial charge in [0.25, 0.3) is 0 Å². The smallest absolute Gasteiger partial charge is 0.334 e. The van der Waals surface area contributed by atoms with Gasteiger partial charge in [-0.1, -0.05) is 19.1 Å². The summed E-state index contributed by atoms with van der Waals surface area (Å²) in [5.74, 6) is -1.99. The molecule has 10 nitrogen and oxygen atoms in total. The molecule has 8 bridgehead atoms. The Morgan fingerprint density at radius 3 is 2.43 bits per heavy atom. The van der Waals surface area contributed by atoms with E-state index >= 15 is 0 Å². The van der Waals surface area contributed by atoms with Gasteiger partial charge in [-0.3, -0.25) is 4.79 Å². The van der Waals surface area contributed by atoms with Crippen LogP contribution in [0.3, 0.4) is 0 Å². The number of nitrogens with one attached hydrogen (secondary N) is 1. The van der Waals surface area contributed by atoms with Crippen molar-refractivity contribution in [3.05, 3.63) is 115 Å². The first-order valence-corrected chi connectivity index (χ1v) is 16.5. The van der Waals surface area contributed by atoms with Gasteiger partial charge < -0.3 is 24.7 Å². The van der Waals surface area contributed by atoms with E-state index in [1.165, 1.54) is 14.2 Å². The van der Waals surface area contributed by atoms with Gasteiger partial charge >= 0.3 is 11.9 Å². The molecule has 0 aromatic carbocycles. The lowest BCUT2D eigenvalue weighted by Crippen LogP contribution is -2.41. The molecule has 0 amide bonds. The quantitative estimate of drug-likeness (QED) is 0.255. The lowest BCUT2D eigenvalue weighted by atomic mass is 9.64. The van der Waals surface area contributed by atoms with Crippen LogP contribution in [0.15, 0.2) is 130 Å². The molecular weight excluding hydrogens is 620 g/mol. The van der Waals surface area contributed by atoms with Crippen LogP contribution in [0.5, 0.6) is 0 Å². The summed E-state index contributed by atoms with van der Waals surface area (Å²) < 4.78 is 10.4. The maximum atomic E-state index is 13.7. The van der Waals surface area contributed by atoms with Gasteiger partial charge in [0.15, 0.2) is 0 Å². The number of nitrogens with zero attached hydrogens (tertiary/aromatic N) is 3. The van der Waals surface area contributed by atoms with Crippen molar-refractivity contribution >= 4 is 35.4 Å². The second-order valence-electron chi connectivity index (χ2n) is 13.2. The zero-order chi connectivity index (χ0) is 34.9. The van der Waals surface area contributed by atoms with Crippen molar-refractivity contribution in [3.8, 4) is 0 Å². The van der Waals surface area contributed by atoms with Gasteiger partial charge in [-0.2, -0.15) is 0 Å². The van der Waals surface area contributed by atoms with E-state index in [-0.39, 0.29) is 17.8 Å². The maximum absolute atomic E-state index is 13.7. The predicted molar refractivity (Wildman–Crippen MR) is 186 cm³/mol. The van der Waals surface area contributed by atoms with Gasteiger partial charge in [0.1, 0.15) is 18.0 Å². The zero-order valence-electron chi connectivity index (χ0n) is 28.7. The summed E-state index contributed by atoms with van der Waals surface area (Å²) in [6.45, 7) is 9.99. The fourth-order valence-corrected chi connectivity index (χ4v) is 8.06. The van der Waals surface area contributed by atoms with Crippen LogP contribution in [0.2, 0.25) is 0 Å². The fourth-order valence-electron chi connectivity index (χ4n) is 8.06. The highest BCUT2D eigenvalue weighted by atomic mass is 16.5. The van der Waals surface area contributed by atoms with Crippen molar-refractivity contribution in [3.63, 3.8) is 0 Å². The first kappa shape index (κ1) is 32.2. The molecular formula is C39H38N4O6. The van der Waals surface area contributed by atoms with Crippen molar-refractivity contribution in [2.45, 2.75) is 60.3 Å². The minimum absolute atomic E-state index is 0.182. The first-order valence-electron chi connectivity index (χ1n) is 16.5. The number of allylic oxidation sites excluding steroid dienone is 14. The number of carbonyl (C=O) groups is 3. The molecule has 0 aromatic heterocycles. The summed E-state index contributed by atoms with van der Waals surface area (Å²) in [5.41, 5.74) is 11.8. The number of carbonyl (C=O) groups excluding carboxylic acids is 3. The van der Waals surface area contributed by atoms with E-state index in [0.717, 1.165) is 74.5 Å². The van der Waals surface area contributed by atoms with Crippen LogP contribution in [0.25, 0.3) is 0 Å². The number of esters is 2. The fraction of sp³-hybridized carbons (Fsp3) is 0.333. The average molecular weight is 659 g/mol. The first-order chi connectivity index (χ1) is 23.5. The molecule has 10 heteroatoms. The second kappa shape index (κ2) is 11.6. The van der Waals surface area contributed by atoms with Gasteiger partial charge in [0.05, 0.1) is 59.4 Å². The van der Waals surface area contributed by atoms with Gasteiger partial charge in [-0.05, 0) is 92.2 Å². The van der Waals surface area contributed by atoms with Crippen molar-refractivity contribution in [1.29, 1.82) is 0 Å². The highest BCUT2D eigenvalue weighted by Crippen LogP contribution is 2.55. The van der Waals surface area contributed by atoms with Crippen LogP contribution in [-0.2, 0) is 23.9 Å². The Balaban J connectivity index is 1.55. The number of methoxy groups -OCH3 is 2. The Morgan fingerprint density at radius 1 is 1.00 bits per heavy atom. The number of aliphatic hydroxyl groups excluding tert-OH is 1. The molecule has 2 N–H and O–H groups in total. The average Bonchev–Trinajstić information content (AvgIpc) is 3.83. The summed E-state index contributed by atoms with van der Waals surface area (Å²) in [7, 11) is 2.60. The van der Waals surface area contributed by atoms with E-state index in [1.54, 1.807) is 6.08 Å². The predicted octanol–water partition coefficient (Wildman–Crippen LogP) is 6.22. The number of hydrogen-bond acceptors (Lipinski definition) is 10. The number of ether oxygens (including phenoxy) is 2. The van der Waals surface area contributed by atoms with Crippen molar-refractivity contribution in [2.75, 3.05) is 14.2 Å². The summed E-state index contributed by atoms with van der Waals surface area (Å²) in [6, 6.07) is 0. The van der Waals surface area contributed by atoms with Gasteiger partial charge in [-0.15, -0.1) is 0 Å². The minimum Gasteiger partial charge on any atom is -0.511 e. The van der Waals surface area contributed by atoms with Crippen LogP contribution in [-0.4, -0.2) is 54.7 Å². The second-order valence-corrected chi connectivity index (χ2v) is 13.2. The highest BCUT2D eigenvalue weighted by Gasteiger charge is 2.55. The van der Waals surface area contributed by atoms with Gasteiger partial charge in [0.2, 0.25) is 0 Å². The Bertz CT molecular complexity index is 2120. The van der Waals surface area contributed by atoms with E-state index < -0.39 is 23.3 Å². The zero-order valence-corrected chi connectivity index (χ0v) is 28.7. The van der Waals surface area contributed by atoms with Crippen LogP contribution in [0.1, 0.15) is 60.3 Å². The van der Waals surface area contributed by atoms with E-state index in [2.05, 4.69) is 12.2 Å². The molecule has 0 spiro atoms. The highest BCUT2D eigenvalue weighted by molar-refractivity contribution is 6.22. The standard InChI is InChI=1S/C39H38N4O6/c1-8-21-18(2)26-16-30-25-12-11-23(37(46)48-6)34(38(47)49-7)39(25,5)32(41-30)17-28-19(3)22(10-9-13-44)35(42-28)24-14-31(45)33-20(4)27(43-36(24)33)15-29(21)40-26/h11-13,15-17,34,41,45H,8-10,14H2,1-7H3. The van der Waals surface area contributed by atoms with E-state index in [1.807, 2.05) is 52.0 Å². The molecule has 7 rings (SSSR count). The van der Waals surface area contributed by atoms with E-state index in [4.69, 9.17) is 24.5 Å². The SMILES string of the molecule is CCC1=C(C)C2=NC1=CC1=C(C)C3=C(O)CC(=C4N=C(C=C5NC(=C2)C2=CC=C(C(=O)OC)C(C(=O)OC)C52C)C(C)=C4CCC=O)C3=N1. The lowest BCUT2D eigenvalue weighted by molar-refractivity contribution is -0.150. The lowest BCUT2D eigenvalue weighted by Gasteiger charge is -2.36. The molecule has 49 heavy (non-hydrogen) atoms. The molecule has 1 fully saturated rings. The summed E-state index contributed by atoms with van der Waals surface area (Å²) in [4.78, 5) is 53.7. The Hall–Kier alpha value is -5.38. The number of hydrogen-bond donors (Lipinski definition) is 2. The molecule has 5 aliphatic heterocycles. The summed E-state index contributed by atoms with van der Waals surface area (Å²) >= 11 is 0. The number of aldehydes is 1. The van der Waals surface area contributed by atoms with Gasteiger partial charge in [0, 0.05) is 35.4 Å². The molecule has 0 radical (unpaired) electrons. The third-order valence-electron chi connectivity index (χ3n) is 10.7. The Kier molecular flexibility index (Phi) is 7.65. The number of fused-ring (bicyclic) bond motifs is 8. The normalized spacial score (nSPS) is 25.3. The van der Waals surface area contributed by atoms with Crippen LogP contribution < -0.4 is 5.32 Å². The molecule has 2 unspecified atom stereocenters. The Morgan fingerprint density at radius 2 is 1.73 bits per heavy atom. The summed E-state index contributed by atoms with van der Waals surface area (Å²) in [6.07, 6.45) is 12.0. The number of rotatable bonds is 6. The molecule has 7 aliphatic rings. The molecule has 5 heterocycles.